The number of nitrogens with one attached hydrogen (secondary N) is 8. The molecule has 10 rings (SSSR count). The highest BCUT2D eigenvalue weighted by Gasteiger charge is 2.47. The Morgan fingerprint density at radius 1 is 0.523 bits per heavy atom. The Balaban J connectivity index is 0.763. The summed E-state index contributed by atoms with van der Waals surface area (Å²) in [5.41, 5.74) is 9.22. The second kappa shape index (κ2) is 29.3. The Morgan fingerprint density at radius 3 is 1.49 bits per heavy atom. The lowest BCUT2D eigenvalue weighted by molar-refractivity contribution is -0.144. The number of carbonyl (C=O) groups excluding carboxylic acids is 5. The van der Waals surface area contributed by atoms with Gasteiger partial charge in [0, 0.05) is 62.1 Å². The quantitative estimate of drug-likeness (QED) is 0.0402. The molecule has 4 aliphatic rings. The van der Waals surface area contributed by atoms with E-state index in [-0.39, 0.29) is 66.7 Å². The number of hydrogen-bond acceptors (Lipinski definition) is 10. The van der Waals surface area contributed by atoms with Crippen molar-refractivity contribution in [2.24, 2.45) is 0 Å². The van der Waals surface area contributed by atoms with Crippen molar-refractivity contribution >= 4 is 75.6 Å². The molecule has 0 saturated carbocycles. The summed E-state index contributed by atoms with van der Waals surface area (Å²) in [4.78, 5) is 78.6. The van der Waals surface area contributed by atoms with Crippen molar-refractivity contribution in [1.29, 1.82) is 0 Å². The number of hydrogen-bond donors (Lipinski definition) is 8. The maximum atomic E-state index is 14.8. The first-order chi connectivity index (χ1) is 42.7. The first kappa shape index (κ1) is 63.0. The van der Waals surface area contributed by atoms with Crippen molar-refractivity contribution < 1.29 is 24.0 Å². The van der Waals surface area contributed by atoms with E-state index in [9.17, 15) is 24.0 Å². The molecule has 460 valence electrons. The van der Waals surface area contributed by atoms with Crippen molar-refractivity contribution in [3.63, 3.8) is 0 Å². The predicted octanol–water partition coefficient (Wildman–Crippen LogP) is 7.23. The standard InChI is InChI=1S/C69H82N12O5S2/c1-44(70-3)63(82)75-58-42-79(38-36-55-40-51(41-80(55)66(58)85)56-23-15-16-24-57(56)62(72-5)50-21-13-8-14-22-50)69(88)74-53-31-27-47(28-32-53)39-46-25-29-52(30-26-46)73-68(87)78-37-35-54-33-34-60(81(54)67(86)59(43-78)76-64(83)45(2)71-4)65(84)77-61(48-17-9-6-10-18-48)49-19-11-7-12-20-49/h6-32,44-45,51,54-55,58-62,70-72H,33-43H2,1-5H3,(H,73,87)(H,74,88)(H,75,82)(H,76,83)(H,77,84)/t44-,45-,51?,54+,55-,58-,59-,60-,62?/m0/s1. The largest absolute Gasteiger partial charge is 0.346 e. The van der Waals surface area contributed by atoms with Gasteiger partial charge in [0.1, 0.15) is 18.1 Å². The van der Waals surface area contributed by atoms with E-state index in [0.717, 1.165) is 46.5 Å². The van der Waals surface area contributed by atoms with E-state index in [2.05, 4.69) is 115 Å². The monoisotopic (exact) mass is 1220 g/mol. The summed E-state index contributed by atoms with van der Waals surface area (Å²) < 4.78 is 0. The smallest absolute Gasteiger partial charge is 0.247 e. The van der Waals surface area contributed by atoms with Gasteiger partial charge in [0.25, 0.3) is 0 Å². The molecule has 0 aromatic heterocycles. The molecule has 0 spiro atoms. The molecule has 88 heavy (non-hydrogen) atoms. The van der Waals surface area contributed by atoms with Crippen LogP contribution in [0, 0.1) is 0 Å². The van der Waals surface area contributed by atoms with E-state index in [4.69, 9.17) is 24.4 Å². The first-order valence-corrected chi connectivity index (χ1v) is 31.6. The average Bonchev–Trinajstić information content (AvgIpc) is 2.21. The number of likely N-dealkylation sites (N-methyl/N-ethyl adjacent to an activating group) is 2. The van der Waals surface area contributed by atoms with Gasteiger partial charge in [-0.05, 0) is 161 Å². The number of rotatable bonds is 18. The van der Waals surface area contributed by atoms with Crippen molar-refractivity contribution in [2.75, 3.05) is 64.5 Å². The average molecular weight is 1220 g/mol. The molecule has 0 radical (unpaired) electrons. The molecule has 4 fully saturated rings. The summed E-state index contributed by atoms with van der Waals surface area (Å²) in [5, 5.41) is 26.6. The molecule has 19 heteroatoms. The summed E-state index contributed by atoms with van der Waals surface area (Å²) in [6.45, 7) is 5.52. The molecular formula is C69H82N12O5S2. The Labute approximate surface area is 528 Å². The maximum absolute atomic E-state index is 14.8. The molecule has 2 unspecified atom stereocenters. The topological polar surface area (TPSA) is 195 Å². The van der Waals surface area contributed by atoms with Crippen molar-refractivity contribution in [2.45, 2.75) is 113 Å². The van der Waals surface area contributed by atoms with Crippen LogP contribution in [0.5, 0.6) is 0 Å². The summed E-state index contributed by atoms with van der Waals surface area (Å²) in [6.07, 6.45) is 3.89. The van der Waals surface area contributed by atoms with Gasteiger partial charge < -0.3 is 62.1 Å². The van der Waals surface area contributed by atoms with Crippen LogP contribution in [-0.4, -0.2) is 156 Å². The third-order valence-corrected chi connectivity index (χ3v) is 18.7. The van der Waals surface area contributed by atoms with E-state index in [1.807, 2.05) is 113 Å². The van der Waals surface area contributed by atoms with Crippen LogP contribution in [0.1, 0.15) is 103 Å². The van der Waals surface area contributed by atoms with Crippen LogP contribution in [0.4, 0.5) is 11.4 Å². The third-order valence-electron chi connectivity index (χ3n) is 18.0. The number of thiocarbonyl (C=S) groups is 2. The minimum absolute atomic E-state index is 0.0106. The van der Waals surface area contributed by atoms with Gasteiger partial charge in [0.05, 0.1) is 24.2 Å². The maximum Gasteiger partial charge on any atom is 0.247 e. The molecule has 0 aliphatic carbocycles. The Morgan fingerprint density at radius 2 is 0.989 bits per heavy atom. The van der Waals surface area contributed by atoms with Crippen LogP contribution in [0.3, 0.4) is 0 Å². The third kappa shape index (κ3) is 14.9. The van der Waals surface area contributed by atoms with E-state index < -0.39 is 36.3 Å². The summed E-state index contributed by atoms with van der Waals surface area (Å²) in [6, 6.07) is 50.6. The summed E-state index contributed by atoms with van der Waals surface area (Å²) in [7, 11) is 5.41. The number of amides is 5. The first-order valence-electron chi connectivity index (χ1n) is 30.8. The molecule has 6 aromatic carbocycles. The van der Waals surface area contributed by atoms with Crippen LogP contribution in [0.2, 0.25) is 0 Å². The lowest BCUT2D eigenvalue weighted by Crippen LogP contribution is -2.62. The Kier molecular flexibility index (Phi) is 21.0. The molecule has 17 nitrogen and oxygen atoms in total. The molecule has 9 atom stereocenters. The molecule has 6 aromatic rings. The summed E-state index contributed by atoms with van der Waals surface area (Å²) in [5.74, 6) is -1.12. The molecule has 5 amide bonds. The molecule has 4 saturated heterocycles. The molecule has 8 N–H and O–H groups in total. The highest BCUT2D eigenvalue weighted by Crippen LogP contribution is 2.39. The number of benzene rings is 6. The minimum atomic E-state index is -0.971. The van der Waals surface area contributed by atoms with Gasteiger partial charge in [0.15, 0.2) is 10.2 Å². The molecule has 4 heterocycles. The SMILES string of the molecule is CNC(c1ccccc1)c1ccccc1C1C[C@@H]2CCN(C(=S)Nc3ccc(Cc4ccc(NC(=S)N5CC[C@H]6CC[C@@H](C(=O)NC(c7ccccc7)c7ccccc7)N6C(=O)[C@@H](NC(=O)[C@H](C)NC)C5)cc4)cc3)C[C@H](NC(=O)[C@H](C)NC)C(=O)N2C1. The predicted molar refractivity (Wildman–Crippen MR) is 355 cm³/mol. The number of carbonyl (C=O) groups is 5. The van der Waals surface area contributed by atoms with Gasteiger partial charge in [-0.1, -0.05) is 140 Å². The fraction of sp³-hybridized carbons (Fsp3) is 0.377. The number of fused-ring (bicyclic) bond motifs is 2. The van der Waals surface area contributed by atoms with Gasteiger partial charge >= 0.3 is 0 Å². The normalized spacial score (nSPS) is 21.3. The number of nitrogens with zero attached hydrogens (tertiary/aromatic N) is 4. The van der Waals surface area contributed by atoms with E-state index >= 15 is 0 Å². The zero-order valence-electron chi connectivity index (χ0n) is 50.8. The molecule has 4 aliphatic heterocycles. The van der Waals surface area contributed by atoms with Crippen LogP contribution in [0.15, 0.2) is 164 Å². The van der Waals surface area contributed by atoms with Crippen LogP contribution < -0.4 is 42.5 Å². The van der Waals surface area contributed by atoms with E-state index in [1.54, 1.807) is 32.8 Å². The van der Waals surface area contributed by atoms with Gasteiger partial charge in [-0.15, -0.1) is 0 Å². The van der Waals surface area contributed by atoms with E-state index in [1.165, 1.54) is 16.7 Å². The second-order valence-corrected chi connectivity index (χ2v) is 24.4. The zero-order valence-corrected chi connectivity index (χ0v) is 52.4. The summed E-state index contributed by atoms with van der Waals surface area (Å²) >= 11 is 12.2. The van der Waals surface area contributed by atoms with Crippen molar-refractivity contribution in [1.82, 2.24) is 51.5 Å². The zero-order chi connectivity index (χ0) is 61.8. The van der Waals surface area contributed by atoms with Crippen molar-refractivity contribution in [3.8, 4) is 0 Å². The lowest BCUT2D eigenvalue weighted by atomic mass is 9.86. The van der Waals surface area contributed by atoms with Crippen LogP contribution >= 0.6 is 24.4 Å². The molecular weight excluding hydrogens is 1140 g/mol. The lowest BCUT2D eigenvalue weighted by Gasteiger charge is -2.40. The van der Waals surface area contributed by atoms with E-state index in [0.29, 0.717) is 55.5 Å². The van der Waals surface area contributed by atoms with Gasteiger partial charge in [-0.2, -0.15) is 0 Å². The number of anilines is 2. The van der Waals surface area contributed by atoms with Crippen LogP contribution in [-0.2, 0) is 30.4 Å². The van der Waals surface area contributed by atoms with Gasteiger partial charge in [0.2, 0.25) is 29.5 Å². The van der Waals surface area contributed by atoms with Gasteiger partial charge in [-0.25, -0.2) is 0 Å². The highest BCUT2D eigenvalue weighted by atomic mass is 32.1. The molecule has 0 bridgehead atoms. The fourth-order valence-corrected chi connectivity index (χ4v) is 13.5. The van der Waals surface area contributed by atoms with Crippen LogP contribution in [0.25, 0.3) is 0 Å². The van der Waals surface area contributed by atoms with Gasteiger partial charge in [-0.3, -0.25) is 24.0 Å². The second-order valence-electron chi connectivity index (χ2n) is 23.6. The fourth-order valence-electron chi connectivity index (χ4n) is 12.9. The minimum Gasteiger partial charge on any atom is -0.346 e. The Bertz CT molecular complexity index is 3360. The Hall–Kier alpha value is -8.07. The van der Waals surface area contributed by atoms with Crippen molar-refractivity contribution in [3.05, 3.63) is 203 Å². The highest BCUT2D eigenvalue weighted by molar-refractivity contribution is 7.80.